The van der Waals surface area contributed by atoms with Gasteiger partial charge in [-0.2, -0.15) is 0 Å². The van der Waals surface area contributed by atoms with Crippen LogP contribution in [-0.4, -0.2) is 50.8 Å². The number of hydrogen-bond donors (Lipinski definition) is 2. The molecule has 0 aliphatic rings. The summed E-state index contributed by atoms with van der Waals surface area (Å²) in [7, 11) is 6.75. The first-order valence-electron chi connectivity index (χ1n) is 12.6. The summed E-state index contributed by atoms with van der Waals surface area (Å²) in [6.45, 7) is 0. The lowest BCUT2D eigenvalue weighted by Crippen LogP contribution is -2.25. The van der Waals surface area contributed by atoms with Gasteiger partial charge in [-0.1, -0.05) is 92.5 Å². The minimum Gasteiger partial charge on any atom is -0.376 e. The van der Waals surface area contributed by atoms with Crippen LogP contribution in [0.4, 0.5) is 11.4 Å². The van der Waals surface area contributed by atoms with Crippen LogP contribution in [0.25, 0.3) is 0 Å². The van der Waals surface area contributed by atoms with E-state index in [0.29, 0.717) is 0 Å². The van der Waals surface area contributed by atoms with E-state index in [1.165, 1.54) is 20.9 Å². The van der Waals surface area contributed by atoms with Gasteiger partial charge in [0.15, 0.2) is 0 Å². The van der Waals surface area contributed by atoms with Crippen molar-refractivity contribution in [3.8, 4) is 0 Å². The van der Waals surface area contributed by atoms with Crippen LogP contribution in [0.5, 0.6) is 0 Å². The Labute approximate surface area is 254 Å². The van der Waals surface area contributed by atoms with E-state index in [4.69, 9.17) is 0 Å². The number of benzene rings is 4. The predicted molar refractivity (Wildman–Crippen MR) is 173 cm³/mol. The Morgan fingerprint density at radius 2 is 0.800 bits per heavy atom. The molecule has 0 aliphatic carbocycles. The Balaban J connectivity index is 0.000000482. The molecule has 210 valence electrons. The largest absolute Gasteiger partial charge is 0.376 e. The molecule has 8 heteroatoms. The van der Waals surface area contributed by atoms with Crippen LogP contribution in [0.2, 0.25) is 0 Å². The molecule has 2 atom stereocenters. The number of carbonyl (C=O) groups is 2. The Kier molecular flexibility index (Phi) is 14.6. The number of nitrogens with zero attached hydrogens (tertiary/aromatic N) is 2. The molecule has 0 unspecified atom stereocenters. The molecule has 4 rings (SSSR count). The first-order valence-corrected chi connectivity index (χ1v) is 14.2. The van der Waals surface area contributed by atoms with E-state index in [1.54, 1.807) is 28.2 Å². The van der Waals surface area contributed by atoms with Gasteiger partial charge in [0.1, 0.15) is 0 Å². The number of rotatable bonds is 9. The quantitative estimate of drug-likeness (QED) is 0.180. The lowest BCUT2D eigenvalue weighted by Gasteiger charge is -2.31. The van der Waals surface area contributed by atoms with Gasteiger partial charge in [0.05, 0.1) is 12.1 Å². The van der Waals surface area contributed by atoms with E-state index in [2.05, 4.69) is 152 Å². The summed E-state index contributed by atoms with van der Waals surface area (Å²) >= 11 is 7.06. The minimum atomic E-state index is 0.0263. The summed E-state index contributed by atoms with van der Waals surface area (Å²) < 4.78 is 2.13. The van der Waals surface area contributed by atoms with Crippen molar-refractivity contribution >= 4 is 56.1 Å². The molecule has 6 nitrogen and oxygen atoms in total. The number of amides is 2. The highest BCUT2D eigenvalue weighted by molar-refractivity contribution is 9.10. The SMILES string of the molecule is Brc1ccc(N[C@H](c2ccccc2)[C@@H](Nc2ccc(Br)cc2)c2ccccc2)cc1.CN(C)C=O.CN(C)C=O. The van der Waals surface area contributed by atoms with E-state index in [9.17, 15) is 9.59 Å². The zero-order chi connectivity index (χ0) is 29.3. The highest BCUT2D eigenvalue weighted by atomic mass is 79.9. The number of hydrogen-bond acceptors (Lipinski definition) is 4. The first kappa shape index (κ1) is 32.6. The van der Waals surface area contributed by atoms with Crippen LogP contribution < -0.4 is 10.6 Å². The Morgan fingerprint density at radius 3 is 1.05 bits per heavy atom. The molecule has 0 heterocycles. The molecule has 0 spiro atoms. The molecule has 2 amide bonds. The van der Waals surface area contributed by atoms with E-state index in [0.717, 1.165) is 33.1 Å². The monoisotopic (exact) mass is 666 g/mol. The first-order chi connectivity index (χ1) is 19.2. The van der Waals surface area contributed by atoms with Gasteiger partial charge in [0.25, 0.3) is 0 Å². The fraction of sp³-hybridized carbons (Fsp3) is 0.188. The summed E-state index contributed by atoms with van der Waals surface area (Å²) in [4.78, 5) is 21.8. The third-order valence-electron chi connectivity index (χ3n) is 5.41. The summed E-state index contributed by atoms with van der Waals surface area (Å²) in [6, 6.07) is 37.9. The van der Waals surface area contributed by atoms with Gasteiger partial charge in [-0.05, 0) is 59.7 Å². The zero-order valence-corrected chi connectivity index (χ0v) is 26.3. The third-order valence-corrected chi connectivity index (χ3v) is 6.46. The highest BCUT2D eigenvalue weighted by Gasteiger charge is 2.25. The standard InChI is InChI=1S/C26H22Br2N2.2C3H7NO/c27-21-11-15-23(16-12-21)29-25(19-7-3-1-4-8-19)26(20-9-5-2-6-10-20)30-24-17-13-22(28)14-18-24;2*1-4(2)3-5/h1-18,25-26,29-30H;2*3H,1-2H3/t25-,26+;;. The van der Waals surface area contributed by atoms with Crippen LogP contribution in [0, 0.1) is 0 Å². The number of nitrogens with one attached hydrogen (secondary N) is 2. The fourth-order valence-electron chi connectivity index (χ4n) is 3.49. The second-order valence-electron chi connectivity index (χ2n) is 9.22. The van der Waals surface area contributed by atoms with Gasteiger partial charge in [-0.3, -0.25) is 9.59 Å². The molecule has 4 aromatic rings. The van der Waals surface area contributed by atoms with Crippen LogP contribution in [0.15, 0.2) is 118 Å². The molecule has 0 aromatic heterocycles. The van der Waals surface area contributed by atoms with Gasteiger partial charge in [0.2, 0.25) is 12.8 Å². The van der Waals surface area contributed by atoms with Crippen molar-refractivity contribution in [2.24, 2.45) is 0 Å². The predicted octanol–water partition coefficient (Wildman–Crippen LogP) is 7.63. The lowest BCUT2D eigenvalue weighted by atomic mass is 9.92. The Hall–Kier alpha value is -3.62. The number of carbonyl (C=O) groups excluding carboxylic acids is 2. The smallest absolute Gasteiger partial charge is 0.209 e. The van der Waals surface area contributed by atoms with Crippen molar-refractivity contribution in [1.82, 2.24) is 9.80 Å². The molecule has 0 aliphatic heterocycles. The molecule has 0 fully saturated rings. The molecule has 0 bridgehead atoms. The van der Waals surface area contributed by atoms with Crippen LogP contribution in [0.3, 0.4) is 0 Å². The van der Waals surface area contributed by atoms with Crippen LogP contribution in [-0.2, 0) is 9.59 Å². The van der Waals surface area contributed by atoms with Gasteiger partial charge in [-0.25, -0.2) is 0 Å². The van der Waals surface area contributed by atoms with Crippen molar-refractivity contribution < 1.29 is 9.59 Å². The Bertz CT molecular complexity index is 1150. The number of halogens is 2. The summed E-state index contributed by atoms with van der Waals surface area (Å²) in [5.41, 5.74) is 4.59. The maximum absolute atomic E-state index is 9.43. The van der Waals surface area contributed by atoms with E-state index in [1.807, 2.05) is 0 Å². The second kappa shape index (κ2) is 17.9. The zero-order valence-electron chi connectivity index (χ0n) is 23.2. The highest BCUT2D eigenvalue weighted by Crippen LogP contribution is 2.35. The van der Waals surface area contributed by atoms with Crippen LogP contribution in [0.1, 0.15) is 23.2 Å². The molecule has 0 radical (unpaired) electrons. The van der Waals surface area contributed by atoms with Crippen molar-refractivity contribution in [2.75, 3.05) is 38.8 Å². The summed E-state index contributed by atoms with van der Waals surface area (Å²) in [5.74, 6) is 0. The molecule has 40 heavy (non-hydrogen) atoms. The topological polar surface area (TPSA) is 64.7 Å². The second-order valence-corrected chi connectivity index (χ2v) is 11.0. The van der Waals surface area contributed by atoms with Crippen LogP contribution >= 0.6 is 31.9 Å². The van der Waals surface area contributed by atoms with E-state index < -0.39 is 0 Å². The van der Waals surface area contributed by atoms with Crippen molar-refractivity contribution in [3.63, 3.8) is 0 Å². The number of anilines is 2. The molecule has 0 saturated carbocycles. The molecule has 0 saturated heterocycles. The average Bonchev–Trinajstić information content (AvgIpc) is 2.98. The molecular weight excluding hydrogens is 632 g/mol. The summed E-state index contributed by atoms with van der Waals surface area (Å²) in [5, 5.41) is 7.52. The Morgan fingerprint density at radius 1 is 0.525 bits per heavy atom. The third kappa shape index (κ3) is 12.1. The maximum atomic E-state index is 9.43. The maximum Gasteiger partial charge on any atom is 0.209 e. The van der Waals surface area contributed by atoms with Crippen molar-refractivity contribution in [2.45, 2.75) is 12.1 Å². The van der Waals surface area contributed by atoms with Gasteiger partial charge < -0.3 is 20.4 Å². The fourth-order valence-corrected chi connectivity index (χ4v) is 4.02. The molecule has 2 N–H and O–H groups in total. The van der Waals surface area contributed by atoms with Crippen molar-refractivity contribution in [3.05, 3.63) is 129 Å². The van der Waals surface area contributed by atoms with E-state index >= 15 is 0 Å². The van der Waals surface area contributed by atoms with Crippen molar-refractivity contribution in [1.29, 1.82) is 0 Å². The molecule has 4 aromatic carbocycles. The average molecular weight is 668 g/mol. The normalized spacial score (nSPS) is 11.2. The van der Waals surface area contributed by atoms with Gasteiger partial charge >= 0.3 is 0 Å². The van der Waals surface area contributed by atoms with Gasteiger partial charge in [0, 0.05) is 48.5 Å². The summed E-state index contributed by atoms with van der Waals surface area (Å²) in [6.07, 6.45) is 1.50. The van der Waals surface area contributed by atoms with Gasteiger partial charge in [-0.15, -0.1) is 0 Å². The van der Waals surface area contributed by atoms with E-state index in [-0.39, 0.29) is 12.1 Å². The molecular formula is C32H36Br2N4O2. The minimum absolute atomic E-state index is 0.0263. The lowest BCUT2D eigenvalue weighted by molar-refractivity contribution is -0.116.